The summed E-state index contributed by atoms with van der Waals surface area (Å²) in [6.45, 7) is 7.98. The molecule has 0 aliphatic carbocycles. The van der Waals surface area contributed by atoms with E-state index in [0.717, 1.165) is 37.8 Å². The van der Waals surface area contributed by atoms with Crippen LogP contribution in [0, 0.1) is 0 Å². The van der Waals surface area contributed by atoms with Crippen molar-refractivity contribution in [1.82, 2.24) is 15.2 Å². The van der Waals surface area contributed by atoms with Gasteiger partial charge in [0.15, 0.2) is 11.5 Å². The van der Waals surface area contributed by atoms with E-state index in [0.29, 0.717) is 11.4 Å². The van der Waals surface area contributed by atoms with E-state index in [4.69, 9.17) is 0 Å². The van der Waals surface area contributed by atoms with Gasteiger partial charge in [-0.05, 0) is 51.0 Å². The van der Waals surface area contributed by atoms with Crippen LogP contribution in [0.4, 0.5) is 17.3 Å². The molecule has 2 aromatic heterocycles. The van der Waals surface area contributed by atoms with Crippen LogP contribution >= 0.6 is 0 Å². The molecule has 3 heterocycles. The fourth-order valence-corrected chi connectivity index (χ4v) is 2.95. The highest BCUT2D eigenvalue weighted by atomic mass is 16.1. The fraction of sp³-hybridized carbons (Fsp3) is 0.444. The van der Waals surface area contributed by atoms with Gasteiger partial charge in [-0.2, -0.15) is 0 Å². The van der Waals surface area contributed by atoms with Gasteiger partial charge in [-0.1, -0.05) is 0 Å². The highest BCUT2D eigenvalue weighted by Crippen LogP contribution is 2.17. The second kappa shape index (κ2) is 7.92. The fourth-order valence-electron chi connectivity index (χ4n) is 2.95. The van der Waals surface area contributed by atoms with E-state index in [1.807, 2.05) is 18.2 Å². The zero-order valence-electron chi connectivity index (χ0n) is 14.8. The van der Waals surface area contributed by atoms with Gasteiger partial charge in [0.05, 0.1) is 11.9 Å². The molecule has 2 aromatic rings. The van der Waals surface area contributed by atoms with Crippen molar-refractivity contribution in [2.75, 3.05) is 41.3 Å². The monoisotopic (exact) mass is 340 g/mol. The van der Waals surface area contributed by atoms with Crippen LogP contribution in [0.3, 0.4) is 0 Å². The molecule has 0 atom stereocenters. The summed E-state index contributed by atoms with van der Waals surface area (Å²) < 4.78 is 0. The molecule has 0 spiro atoms. The molecule has 1 saturated heterocycles. The quantitative estimate of drug-likeness (QED) is 0.871. The van der Waals surface area contributed by atoms with Gasteiger partial charge >= 0.3 is 0 Å². The first-order valence-corrected chi connectivity index (χ1v) is 8.82. The normalized spacial score (nSPS) is 13.8. The first kappa shape index (κ1) is 17.1. The molecule has 3 rings (SSSR count). The molecule has 1 N–H and O–H groups in total. The Morgan fingerprint density at radius 3 is 2.44 bits per heavy atom. The van der Waals surface area contributed by atoms with Crippen molar-refractivity contribution < 1.29 is 4.79 Å². The molecule has 0 bridgehead atoms. The first-order chi connectivity index (χ1) is 12.2. The second-order valence-electron chi connectivity index (χ2n) is 6.00. The van der Waals surface area contributed by atoms with E-state index >= 15 is 0 Å². The van der Waals surface area contributed by atoms with Crippen molar-refractivity contribution in [3.8, 4) is 0 Å². The summed E-state index contributed by atoms with van der Waals surface area (Å²) >= 11 is 0. The summed E-state index contributed by atoms with van der Waals surface area (Å²) in [5, 5.41) is 11.0. The molecular weight excluding hydrogens is 316 g/mol. The first-order valence-electron chi connectivity index (χ1n) is 8.82. The highest BCUT2D eigenvalue weighted by Gasteiger charge is 2.15. The van der Waals surface area contributed by atoms with E-state index in [-0.39, 0.29) is 5.91 Å². The van der Waals surface area contributed by atoms with Crippen molar-refractivity contribution in [2.45, 2.75) is 26.7 Å². The number of nitrogens with one attached hydrogen (secondary N) is 1. The third-order valence-corrected chi connectivity index (χ3v) is 4.41. The van der Waals surface area contributed by atoms with Crippen LogP contribution in [0.1, 0.15) is 37.2 Å². The van der Waals surface area contributed by atoms with E-state index in [2.05, 4.69) is 44.1 Å². The smallest absolute Gasteiger partial charge is 0.276 e. The van der Waals surface area contributed by atoms with Crippen LogP contribution in [-0.2, 0) is 0 Å². The number of pyridine rings is 1. The molecule has 1 aliphatic rings. The summed E-state index contributed by atoms with van der Waals surface area (Å²) in [5.74, 6) is 1.45. The lowest BCUT2D eigenvalue weighted by Crippen LogP contribution is -2.23. The van der Waals surface area contributed by atoms with Crippen LogP contribution < -0.4 is 15.1 Å². The maximum absolute atomic E-state index is 12.3. The molecular formula is C18H24N6O. The Bertz CT molecular complexity index is 691. The number of nitrogens with zero attached hydrogens (tertiary/aromatic N) is 5. The van der Waals surface area contributed by atoms with Crippen molar-refractivity contribution in [1.29, 1.82) is 0 Å². The Balaban J connectivity index is 1.63. The molecule has 0 aromatic carbocycles. The van der Waals surface area contributed by atoms with Crippen molar-refractivity contribution >= 4 is 23.2 Å². The number of hydrogen-bond acceptors (Lipinski definition) is 6. The number of amides is 1. The minimum atomic E-state index is -0.280. The Morgan fingerprint density at radius 1 is 1.12 bits per heavy atom. The average Bonchev–Trinajstić information content (AvgIpc) is 3.19. The Morgan fingerprint density at radius 2 is 1.88 bits per heavy atom. The van der Waals surface area contributed by atoms with E-state index in [9.17, 15) is 4.79 Å². The number of hydrogen-bond donors (Lipinski definition) is 1. The molecule has 132 valence electrons. The zero-order valence-corrected chi connectivity index (χ0v) is 14.8. The van der Waals surface area contributed by atoms with Crippen LogP contribution in [0.2, 0.25) is 0 Å². The molecule has 0 saturated carbocycles. The van der Waals surface area contributed by atoms with Gasteiger partial charge < -0.3 is 15.1 Å². The lowest BCUT2D eigenvalue weighted by Gasteiger charge is -2.19. The Labute approximate surface area is 148 Å². The largest absolute Gasteiger partial charge is 0.357 e. The van der Waals surface area contributed by atoms with E-state index in [1.165, 1.54) is 12.8 Å². The molecule has 1 amide bonds. The SMILES string of the molecule is CCN(CC)c1ccc(NC(=O)c2ccc(N3CCCC3)nn2)cn1. The lowest BCUT2D eigenvalue weighted by molar-refractivity contribution is 0.102. The third-order valence-electron chi connectivity index (χ3n) is 4.41. The zero-order chi connectivity index (χ0) is 17.6. The van der Waals surface area contributed by atoms with Gasteiger partial charge in [-0.15, -0.1) is 10.2 Å². The van der Waals surface area contributed by atoms with Gasteiger partial charge in [0.1, 0.15) is 5.82 Å². The molecule has 0 radical (unpaired) electrons. The van der Waals surface area contributed by atoms with Gasteiger partial charge in [0, 0.05) is 26.2 Å². The maximum atomic E-state index is 12.3. The van der Waals surface area contributed by atoms with E-state index in [1.54, 1.807) is 12.3 Å². The van der Waals surface area contributed by atoms with Gasteiger partial charge in [-0.3, -0.25) is 4.79 Å². The summed E-state index contributed by atoms with van der Waals surface area (Å²) in [7, 11) is 0. The second-order valence-corrected chi connectivity index (χ2v) is 6.00. The number of aromatic nitrogens is 3. The number of carbonyl (C=O) groups excluding carboxylic acids is 1. The summed E-state index contributed by atoms with van der Waals surface area (Å²) in [5.41, 5.74) is 0.946. The summed E-state index contributed by atoms with van der Waals surface area (Å²) in [6, 6.07) is 7.33. The molecule has 7 heteroatoms. The van der Waals surface area contributed by atoms with Crippen LogP contribution in [0.25, 0.3) is 0 Å². The summed E-state index contributed by atoms with van der Waals surface area (Å²) in [4.78, 5) is 21.0. The maximum Gasteiger partial charge on any atom is 0.276 e. The topological polar surface area (TPSA) is 74.2 Å². The Kier molecular flexibility index (Phi) is 5.42. The minimum absolute atomic E-state index is 0.280. The van der Waals surface area contributed by atoms with Crippen molar-refractivity contribution in [3.63, 3.8) is 0 Å². The molecule has 1 fully saturated rings. The van der Waals surface area contributed by atoms with E-state index < -0.39 is 0 Å². The number of rotatable bonds is 6. The molecule has 0 unspecified atom stereocenters. The standard InChI is InChI=1S/C18H24N6O/c1-3-23(4-2)16-9-7-14(13-19-16)20-18(25)15-8-10-17(22-21-15)24-11-5-6-12-24/h7-10,13H,3-6,11-12H2,1-2H3,(H,20,25). The van der Waals surface area contributed by atoms with Gasteiger partial charge in [-0.25, -0.2) is 4.98 Å². The van der Waals surface area contributed by atoms with Crippen molar-refractivity contribution in [3.05, 3.63) is 36.2 Å². The Hall–Kier alpha value is -2.70. The third kappa shape index (κ3) is 4.04. The van der Waals surface area contributed by atoms with Crippen LogP contribution in [0.15, 0.2) is 30.5 Å². The van der Waals surface area contributed by atoms with Gasteiger partial charge in [0.25, 0.3) is 5.91 Å². The lowest BCUT2D eigenvalue weighted by atomic mass is 10.3. The number of carbonyl (C=O) groups is 1. The van der Waals surface area contributed by atoms with Crippen molar-refractivity contribution in [2.24, 2.45) is 0 Å². The average molecular weight is 340 g/mol. The highest BCUT2D eigenvalue weighted by molar-refractivity contribution is 6.02. The molecule has 7 nitrogen and oxygen atoms in total. The minimum Gasteiger partial charge on any atom is -0.357 e. The number of anilines is 3. The van der Waals surface area contributed by atoms with Crippen LogP contribution in [0.5, 0.6) is 0 Å². The van der Waals surface area contributed by atoms with Crippen LogP contribution in [-0.4, -0.2) is 47.3 Å². The summed E-state index contributed by atoms with van der Waals surface area (Å²) in [6.07, 6.45) is 4.03. The predicted molar refractivity (Wildman–Crippen MR) is 99.2 cm³/mol. The molecule has 25 heavy (non-hydrogen) atoms. The molecule has 1 aliphatic heterocycles. The predicted octanol–water partition coefficient (Wildman–Crippen LogP) is 2.57. The van der Waals surface area contributed by atoms with Gasteiger partial charge in [0.2, 0.25) is 0 Å².